The Balaban J connectivity index is 2.60. The van der Waals surface area contributed by atoms with Crippen LogP contribution in [0.2, 0.25) is 0 Å². The van der Waals surface area contributed by atoms with Gasteiger partial charge in [-0.25, -0.2) is 4.79 Å². The lowest BCUT2D eigenvalue weighted by Crippen LogP contribution is -2.29. The highest BCUT2D eigenvalue weighted by Gasteiger charge is 2.14. The van der Waals surface area contributed by atoms with Gasteiger partial charge in [0, 0.05) is 19.3 Å². The van der Waals surface area contributed by atoms with Gasteiger partial charge in [0.2, 0.25) is 0 Å². The fourth-order valence-corrected chi connectivity index (χ4v) is 1.79. The summed E-state index contributed by atoms with van der Waals surface area (Å²) < 4.78 is 0. The van der Waals surface area contributed by atoms with Crippen molar-refractivity contribution < 1.29 is 9.90 Å². The predicted octanol–water partition coefficient (Wildman–Crippen LogP) is 2.26. The van der Waals surface area contributed by atoms with Crippen molar-refractivity contribution in [1.82, 2.24) is 9.88 Å². The van der Waals surface area contributed by atoms with Crippen LogP contribution < -0.4 is 0 Å². The van der Waals surface area contributed by atoms with Crippen molar-refractivity contribution in [2.24, 2.45) is 5.41 Å². The van der Waals surface area contributed by atoms with Gasteiger partial charge in [0.25, 0.3) is 0 Å². The van der Waals surface area contributed by atoms with E-state index in [2.05, 4.69) is 30.7 Å². The molecular formula is C13H20N2O2. The summed E-state index contributed by atoms with van der Waals surface area (Å²) in [4.78, 5) is 17.0. The summed E-state index contributed by atoms with van der Waals surface area (Å²) in [6.45, 7) is 8.26. The second kappa shape index (κ2) is 5.27. The van der Waals surface area contributed by atoms with E-state index in [-0.39, 0.29) is 11.0 Å². The number of pyridine rings is 1. The van der Waals surface area contributed by atoms with Gasteiger partial charge in [0.15, 0.2) is 0 Å². The van der Waals surface area contributed by atoms with E-state index in [0.29, 0.717) is 0 Å². The summed E-state index contributed by atoms with van der Waals surface area (Å²) in [6, 6.07) is 3.36. The smallest absolute Gasteiger partial charge is 0.337 e. The number of rotatable bonds is 4. The van der Waals surface area contributed by atoms with Gasteiger partial charge in [0.05, 0.1) is 11.3 Å². The van der Waals surface area contributed by atoms with Crippen LogP contribution in [0, 0.1) is 5.41 Å². The van der Waals surface area contributed by atoms with Crippen molar-refractivity contribution in [3.05, 3.63) is 29.6 Å². The molecule has 0 atom stereocenters. The predicted molar refractivity (Wildman–Crippen MR) is 67.0 cm³/mol. The number of aromatic carboxylic acids is 1. The minimum absolute atomic E-state index is 0.229. The number of carboxylic acid groups (broad SMARTS) is 1. The van der Waals surface area contributed by atoms with E-state index in [1.165, 1.54) is 6.20 Å². The molecule has 0 amide bonds. The lowest BCUT2D eigenvalue weighted by molar-refractivity contribution is 0.0696. The van der Waals surface area contributed by atoms with E-state index < -0.39 is 5.97 Å². The van der Waals surface area contributed by atoms with Crippen LogP contribution in [0.15, 0.2) is 18.3 Å². The lowest BCUT2D eigenvalue weighted by atomic mass is 9.96. The van der Waals surface area contributed by atoms with Crippen molar-refractivity contribution >= 4 is 5.97 Å². The Kier molecular flexibility index (Phi) is 4.23. The molecule has 0 fully saturated rings. The number of hydrogen-bond donors (Lipinski definition) is 1. The fraction of sp³-hybridized carbons (Fsp3) is 0.538. The average molecular weight is 236 g/mol. The molecule has 0 spiro atoms. The zero-order valence-corrected chi connectivity index (χ0v) is 10.9. The molecule has 0 radical (unpaired) electrons. The van der Waals surface area contributed by atoms with E-state index in [1.54, 1.807) is 12.1 Å². The number of aromatic nitrogens is 1. The van der Waals surface area contributed by atoms with Crippen molar-refractivity contribution in [2.45, 2.75) is 27.3 Å². The van der Waals surface area contributed by atoms with Crippen LogP contribution in [0.25, 0.3) is 0 Å². The molecular weight excluding hydrogens is 216 g/mol. The first-order chi connectivity index (χ1) is 7.78. The molecule has 4 nitrogen and oxygen atoms in total. The largest absolute Gasteiger partial charge is 0.478 e. The van der Waals surface area contributed by atoms with Crippen LogP contribution in [0.5, 0.6) is 0 Å². The van der Waals surface area contributed by atoms with Crippen molar-refractivity contribution in [3.8, 4) is 0 Å². The minimum Gasteiger partial charge on any atom is -0.478 e. The van der Waals surface area contributed by atoms with Gasteiger partial charge in [0.1, 0.15) is 0 Å². The SMILES string of the molecule is CN(Cc1ccc(C(=O)O)cn1)CC(C)(C)C. The summed E-state index contributed by atoms with van der Waals surface area (Å²) in [5.41, 5.74) is 1.37. The first-order valence-corrected chi connectivity index (χ1v) is 5.65. The molecule has 1 N–H and O–H groups in total. The van der Waals surface area contributed by atoms with Gasteiger partial charge in [-0.05, 0) is 24.6 Å². The van der Waals surface area contributed by atoms with Gasteiger partial charge in [-0.2, -0.15) is 0 Å². The van der Waals surface area contributed by atoms with Crippen LogP contribution in [0.1, 0.15) is 36.8 Å². The molecule has 0 unspecified atom stereocenters. The summed E-state index contributed by atoms with van der Waals surface area (Å²) in [6.07, 6.45) is 1.41. The average Bonchev–Trinajstić information content (AvgIpc) is 2.15. The molecule has 1 heterocycles. The molecule has 0 aliphatic rings. The van der Waals surface area contributed by atoms with Gasteiger partial charge in [-0.15, -0.1) is 0 Å². The van der Waals surface area contributed by atoms with E-state index in [4.69, 9.17) is 5.11 Å². The maximum atomic E-state index is 10.7. The Morgan fingerprint density at radius 1 is 1.41 bits per heavy atom. The van der Waals surface area contributed by atoms with Crippen molar-refractivity contribution in [3.63, 3.8) is 0 Å². The van der Waals surface area contributed by atoms with Crippen LogP contribution in [0.3, 0.4) is 0 Å². The number of nitrogens with zero attached hydrogens (tertiary/aromatic N) is 2. The van der Waals surface area contributed by atoms with E-state index in [0.717, 1.165) is 18.8 Å². The summed E-state index contributed by atoms with van der Waals surface area (Å²) in [5.74, 6) is -0.938. The Morgan fingerprint density at radius 3 is 2.47 bits per heavy atom. The van der Waals surface area contributed by atoms with Gasteiger partial charge >= 0.3 is 5.97 Å². The molecule has 0 aliphatic carbocycles. The number of carbonyl (C=O) groups is 1. The second-order valence-electron chi connectivity index (χ2n) is 5.58. The monoisotopic (exact) mass is 236 g/mol. The maximum absolute atomic E-state index is 10.7. The Bertz CT molecular complexity index is 379. The van der Waals surface area contributed by atoms with Crippen LogP contribution >= 0.6 is 0 Å². The minimum atomic E-state index is -0.938. The first-order valence-electron chi connectivity index (χ1n) is 5.65. The molecule has 0 aromatic carbocycles. The zero-order chi connectivity index (χ0) is 13.1. The number of carboxylic acids is 1. The lowest BCUT2D eigenvalue weighted by Gasteiger charge is -2.26. The molecule has 1 aromatic heterocycles. The molecule has 4 heteroatoms. The summed E-state index contributed by atoms with van der Waals surface area (Å²) in [5, 5.41) is 8.76. The Morgan fingerprint density at radius 2 is 2.06 bits per heavy atom. The molecule has 0 bridgehead atoms. The van der Waals surface area contributed by atoms with Crippen LogP contribution in [-0.2, 0) is 6.54 Å². The van der Waals surface area contributed by atoms with E-state index in [9.17, 15) is 4.79 Å². The molecule has 1 aromatic rings. The molecule has 94 valence electrons. The fourth-order valence-electron chi connectivity index (χ4n) is 1.79. The summed E-state index contributed by atoms with van der Waals surface area (Å²) in [7, 11) is 2.04. The molecule has 0 aliphatic heterocycles. The number of hydrogen-bond acceptors (Lipinski definition) is 3. The zero-order valence-electron chi connectivity index (χ0n) is 10.9. The Labute approximate surface area is 102 Å². The highest BCUT2D eigenvalue weighted by atomic mass is 16.4. The quantitative estimate of drug-likeness (QED) is 0.871. The molecule has 17 heavy (non-hydrogen) atoms. The third-order valence-corrected chi connectivity index (χ3v) is 2.25. The van der Waals surface area contributed by atoms with Crippen LogP contribution in [-0.4, -0.2) is 34.6 Å². The maximum Gasteiger partial charge on any atom is 0.337 e. The van der Waals surface area contributed by atoms with Crippen molar-refractivity contribution in [2.75, 3.05) is 13.6 Å². The van der Waals surface area contributed by atoms with Gasteiger partial charge in [-0.1, -0.05) is 20.8 Å². The molecule has 0 saturated carbocycles. The molecule has 1 rings (SSSR count). The van der Waals surface area contributed by atoms with Crippen LogP contribution in [0.4, 0.5) is 0 Å². The normalized spacial score (nSPS) is 11.8. The topological polar surface area (TPSA) is 53.4 Å². The van der Waals surface area contributed by atoms with Gasteiger partial charge in [-0.3, -0.25) is 4.98 Å². The third kappa shape index (κ3) is 4.95. The Hall–Kier alpha value is -1.42. The standard InChI is InChI=1S/C13H20N2O2/c1-13(2,3)9-15(4)8-11-6-5-10(7-14-11)12(16)17/h5-7H,8-9H2,1-4H3,(H,16,17). The first kappa shape index (κ1) is 13.6. The molecule has 0 saturated heterocycles. The third-order valence-electron chi connectivity index (χ3n) is 2.25. The van der Waals surface area contributed by atoms with Crippen molar-refractivity contribution in [1.29, 1.82) is 0 Å². The van der Waals surface area contributed by atoms with Gasteiger partial charge < -0.3 is 10.0 Å². The second-order valence-corrected chi connectivity index (χ2v) is 5.58. The van der Waals surface area contributed by atoms with E-state index in [1.807, 2.05) is 7.05 Å². The highest BCUT2D eigenvalue weighted by Crippen LogP contribution is 2.15. The summed E-state index contributed by atoms with van der Waals surface area (Å²) >= 11 is 0. The highest BCUT2D eigenvalue weighted by molar-refractivity contribution is 5.87. The van der Waals surface area contributed by atoms with E-state index >= 15 is 0 Å².